The van der Waals surface area contributed by atoms with Gasteiger partial charge in [-0.05, 0) is 6.92 Å². The van der Waals surface area contributed by atoms with E-state index in [1.807, 2.05) is 0 Å². The van der Waals surface area contributed by atoms with Crippen LogP contribution in [0.3, 0.4) is 0 Å². The Labute approximate surface area is 77.4 Å². The zero-order valence-electron chi connectivity index (χ0n) is 8.01. The third-order valence-electron chi connectivity index (χ3n) is 1.42. The summed E-state index contributed by atoms with van der Waals surface area (Å²) >= 11 is 1.43. The predicted molar refractivity (Wildman–Crippen MR) is 52.8 cm³/mol. The number of rotatable bonds is 2. The molecule has 1 aromatic rings. The summed E-state index contributed by atoms with van der Waals surface area (Å²) in [6, 6.07) is 0. The molecular weight excluding hydrogens is 170 g/mol. The van der Waals surface area contributed by atoms with Crippen LogP contribution in [0.1, 0.15) is 33.5 Å². The molecule has 0 aliphatic rings. The van der Waals surface area contributed by atoms with E-state index in [0.717, 1.165) is 17.5 Å². The lowest BCUT2D eigenvalue weighted by Crippen LogP contribution is -2.13. The van der Waals surface area contributed by atoms with E-state index in [1.54, 1.807) is 0 Å². The number of hydrogen-bond acceptors (Lipinski definition) is 4. The minimum Gasteiger partial charge on any atom is -0.361 e. The Morgan fingerprint density at radius 2 is 2.08 bits per heavy atom. The van der Waals surface area contributed by atoms with Gasteiger partial charge in [-0.15, -0.1) is 0 Å². The smallest absolute Gasteiger partial charge is 0.202 e. The van der Waals surface area contributed by atoms with Crippen LogP contribution < -0.4 is 5.32 Å². The van der Waals surface area contributed by atoms with Gasteiger partial charge in [-0.1, -0.05) is 20.8 Å². The molecule has 12 heavy (non-hydrogen) atoms. The molecule has 4 heteroatoms. The summed E-state index contributed by atoms with van der Waals surface area (Å²) in [4.78, 5) is 4.37. The maximum absolute atomic E-state index is 4.37. The summed E-state index contributed by atoms with van der Waals surface area (Å²) in [6.07, 6.45) is 0. The van der Waals surface area contributed by atoms with Crippen LogP contribution in [0.2, 0.25) is 0 Å². The second kappa shape index (κ2) is 3.39. The number of hydrogen-bond donors (Lipinski definition) is 1. The predicted octanol–water partition coefficient (Wildman–Crippen LogP) is 2.27. The van der Waals surface area contributed by atoms with Crippen molar-refractivity contribution in [2.45, 2.75) is 33.1 Å². The largest absolute Gasteiger partial charge is 0.361 e. The fourth-order valence-electron chi connectivity index (χ4n) is 0.751. The van der Waals surface area contributed by atoms with E-state index in [4.69, 9.17) is 0 Å². The van der Waals surface area contributed by atoms with Gasteiger partial charge in [0.15, 0.2) is 0 Å². The Kier molecular flexibility index (Phi) is 2.67. The molecule has 0 fully saturated rings. The lowest BCUT2D eigenvalue weighted by molar-refractivity contribution is 0.555. The monoisotopic (exact) mass is 185 g/mol. The van der Waals surface area contributed by atoms with Gasteiger partial charge in [0.2, 0.25) is 5.13 Å². The van der Waals surface area contributed by atoms with Crippen molar-refractivity contribution in [1.82, 2.24) is 9.36 Å². The molecule has 1 rings (SSSR count). The molecule has 0 saturated heterocycles. The van der Waals surface area contributed by atoms with Crippen LogP contribution in [0.4, 0.5) is 5.13 Å². The topological polar surface area (TPSA) is 37.8 Å². The molecule has 0 amide bonds. The molecule has 0 saturated carbocycles. The molecule has 0 radical (unpaired) electrons. The van der Waals surface area contributed by atoms with Crippen molar-refractivity contribution >= 4 is 16.7 Å². The molecule has 68 valence electrons. The maximum Gasteiger partial charge on any atom is 0.202 e. The Morgan fingerprint density at radius 3 is 2.50 bits per heavy atom. The average molecular weight is 185 g/mol. The molecule has 3 nitrogen and oxygen atoms in total. The van der Waals surface area contributed by atoms with Crippen molar-refractivity contribution in [2.75, 3.05) is 11.9 Å². The average Bonchev–Trinajstić information content (AvgIpc) is 2.35. The Hall–Kier alpha value is -0.640. The molecule has 0 unspecified atom stereocenters. The van der Waals surface area contributed by atoms with Gasteiger partial charge in [-0.2, -0.15) is 4.37 Å². The minimum absolute atomic E-state index is 0.0597. The van der Waals surface area contributed by atoms with Gasteiger partial charge in [0.1, 0.15) is 5.82 Å². The first-order valence-corrected chi connectivity index (χ1v) is 4.89. The number of nitrogens with zero attached hydrogens (tertiary/aromatic N) is 2. The summed E-state index contributed by atoms with van der Waals surface area (Å²) < 4.78 is 4.27. The molecule has 0 bridgehead atoms. The first kappa shape index (κ1) is 9.45. The molecule has 0 spiro atoms. The van der Waals surface area contributed by atoms with Gasteiger partial charge in [-0.25, -0.2) is 4.98 Å². The van der Waals surface area contributed by atoms with Gasteiger partial charge in [0.05, 0.1) is 0 Å². The standard InChI is InChI=1S/C8H15N3S/c1-5-9-7-10-6(11-12-7)8(2,3)4/h5H2,1-4H3,(H,9,10,11). The Bertz CT molecular complexity index is 249. The molecule has 1 heterocycles. The zero-order valence-corrected chi connectivity index (χ0v) is 8.83. The highest BCUT2D eigenvalue weighted by molar-refractivity contribution is 7.09. The summed E-state index contributed by atoms with van der Waals surface area (Å²) in [6.45, 7) is 9.30. The van der Waals surface area contributed by atoms with Crippen LogP contribution in [0.5, 0.6) is 0 Å². The summed E-state index contributed by atoms with van der Waals surface area (Å²) in [5.41, 5.74) is 0.0597. The van der Waals surface area contributed by atoms with Gasteiger partial charge in [0.25, 0.3) is 0 Å². The number of nitrogens with one attached hydrogen (secondary N) is 1. The normalized spacial score (nSPS) is 11.7. The second-order valence-electron chi connectivity index (χ2n) is 3.70. The van der Waals surface area contributed by atoms with Crippen LogP contribution in [0.25, 0.3) is 0 Å². The van der Waals surface area contributed by atoms with Crippen LogP contribution in [0.15, 0.2) is 0 Å². The van der Waals surface area contributed by atoms with Crippen molar-refractivity contribution in [2.24, 2.45) is 0 Å². The fourth-order valence-corrected chi connectivity index (χ4v) is 1.57. The van der Waals surface area contributed by atoms with Crippen molar-refractivity contribution in [1.29, 1.82) is 0 Å². The number of aromatic nitrogens is 2. The Balaban J connectivity index is 2.77. The molecule has 0 aliphatic carbocycles. The summed E-state index contributed by atoms with van der Waals surface area (Å²) in [5.74, 6) is 0.920. The second-order valence-corrected chi connectivity index (χ2v) is 4.46. The van der Waals surface area contributed by atoms with Crippen molar-refractivity contribution in [3.05, 3.63) is 5.82 Å². The van der Waals surface area contributed by atoms with E-state index in [1.165, 1.54) is 11.5 Å². The van der Waals surface area contributed by atoms with E-state index in [-0.39, 0.29) is 5.41 Å². The highest BCUT2D eigenvalue weighted by Gasteiger charge is 2.18. The van der Waals surface area contributed by atoms with Crippen molar-refractivity contribution in [3.8, 4) is 0 Å². The number of anilines is 1. The fraction of sp³-hybridized carbons (Fsp3) is 0.750. The molecular formula is C8H15N3S. The van der Waals surface area contributed by atoms with Gasteiger partial charge >= 0.3 is 0 Å². The third kappa shape index (κ3) is 2.17. The van der Waals surface area contributed by atoms with E-state index >= 15 is 0 Å². The molecule has 0 aliphatic heterocycles. The Morgan fingerprint density at radius 1 is 1.42 bits per heavy atom. The lowest BCUT2D eigenvalue weighted by atomic mass is 9.96. The van der Waals surface area contributed by atoms with E-state index in [2.05, 4.69) is 42.4 Å². The van der Waals surface area contributed by atoms with Crippen LogP contribution in [-0.2, 0) is 5.41 Å². The lowest BCUT2D eigenvalue weighted by Gasteiger charge is -2.12. The minimum atomic E-state index is 0.0597. The molecule has 1 aromatic heterocycles. The highest BCUT2D eigenvalue weighted by Crippen LogP contribution is 2.22. The SMILES string of the molecule is CCNc1nc(C(C)(C)C)ns1. The van der Waals surface area contributed by atoms with E-state index in [0.29, 0.717) is 0 Å². The van der Waals surface area contributed by atoms with Crippen molar-refractivity contribution in [3.63, 3.8) is 0 Å². The van der Waals surface area contributed by atoms with Crippen LogP contribution >= 0.6 is 11.5 Å². The summed E-state index contributed by atoms with van der Waals surface area (Å²) in [5, 5.41) is 4.06. The first-order chi connectivity index (χ1) is 5.54. The van der Waals surface area contributed by atoms with Crippen molar-refractivity contribution < 1.29 is 0 Å². The summed E-state index contributed by atoms with van der Waals surface area (Å²) in [7, 11) is 0. The third-order valence-corrected chi connectivity index (χ3v) is 2.10. The molecule has 0 aromatic carbocycles. The maximum atomic E-state index is 4.37. The van der Waals surface area contributed by atoms with Gasteiger partial charge in [0, 0.05) is 23.5 Å². The van der Waals surface area contributed by atoms with E-state index in [9.17, 15) is 0 Å². The zero-order chi connectivity index (χ0) is 9.19. The van der Waals surface area contributed by atoms with Gasteiger partial charge in [-0.3, -0.25) is 0 Å². The quantitative estimate of drug-likeness (QED) is 0.768. The molecule has 1 N–H and O–H groups in total. The van der Waals surface area contributed by atoms with E-state index < -0.39 is 0 Å². The van der Waals surface area contributed by atoms with Gasteiger partial charge < -0.3 is 5.32 Å². The highest BCUT2D eigenvalue weighted by atomic mass is 32.1. The van der Waals surface area contributed by atoms with Crippen LogP contribution in [0, 0.1) is 0 Å². The van der Waals surface area contributed by atoms with Crippen LogP contribution in [-0.4, -0.2) is 15.9 Å². The first-order valence-electron chi connectivity index (χ1n) is 4.12. The molecule has 0 atom stereocenters.